The van der Waals surface area contributed by atoms with Crippen molar-refractivity contribution in [2.45, 2.75) is 85.7 Å². The van der Waals surface area contributed by atoms with E-state index in [0.29, 0.717) is 22.3 Å². The number of rotatable bonds is 4. The fourth-order valence-electron chi connectivity index (χ4n) is 7.60. The van der Waals surface area contributed by atoms with E-state index in [9.17, 15) is 0 Å². The van der Waals surface area contributed by atoms with Gasteiger partial charge in [0.2, 0.25) is 0 Å². The monoisotopic (exact) mass is 447 g/mol. The lowest BCUT2D eigenvalue weighted by Crippen LogP contribution is -2.76. The van der Waals surface area contributed by atoms with Gasteiger partial charge < -0.3 is 4.98 Å². The third kappa shape index (κ3) is 4.03. The van der Waals surface area contributed by atoms with Gasteiger partial charge in [0.15, 0.2) is 8.24 Å². The van der Waals surface area contributed by atoms with Crippen LogP contribution in [0.3, 0.4) is 0 Å². The lowest BCUT2D eigenvalue weighted by Gasteiger charge is -2.55. The first-order valence-electron chi connectivity index (χ1n) is 12.8. The minimum absolute atomic E-state index is 0.0457. The molecular weight excluding hydrogens is 402 g/mol. The molecule has 0 aliphatic heterocycles. The van der Waals surface area contributed by atoms with E-state index in [1.807, 2.05) is 0 Å². The molecule has 2 heteroatoms. The molecule has 4 unspecified atom stereocenters. The Morgan fingerprint density at radius 3 is 1.72 bits per heavy atom. The van der Waals surface area contributed by atoms with E-state index in [0.717, 1.165) is 11.8 Å². The highest BCUT2D eigenvalue weighted by Crippen LogP contribution is 2.66. The van der Waals surface area contributed by atoms with Gasteiger partial charge in [-0.05, 0) is 84.5 Å². The van der Waals surface area contributed by atoms with E-state index >= 15 is 0 Å². The minimum Gasteiger partial charge on any atom is -0.325 e. The average molecular weight is 448 g/mol. The molecule has 4 atom stereocenters. The Bertz CT molecular complexity index is 869. The van der Waals surface area contributed by atoms with Crippen LogP contribution in [0.5, 0.6) is 0 Å². The molecule has 0 saturated heterocycles. The van der Waals surface area contributed by atoms with Crippen LogP contribution in [0.1, 0.15) is 74.7 Å². The van der Waals surface area contributed by atoms with Gasteiger partial charge in [-0.1, -0.05) is 95.3 Å². The molecule has 2 aromatic rings. The summed E-state index contributed by atoms with van der Waals surface area (Å²) in [6.07, 6.45) is 4.07. The Morgan fingerprint density at radius 1 is 0.781 bits per heavy atom. The molecular formula is C30H45NSi. The van der Waals surface area contributed by atoms with Gasteiger partial charge in [-0.15, -0.1) is 0 Å². The van der Waals surface area contributed by atoms with Crippen molar-refractivity contribution in [3.8, 4) is 0 Å². The van der Waals surface area contributed by atoms with Crippen LogP contribution >= 0.6 is 0 Å². The van der Waals surface area contributed by atoms with E-state index < -0.39 is 8.24 Å². The molecule has 2 aliphatic rings. The van der Waals surface area contributed by atoms with Gasteiger partial charge in [0.05, 0.1) is 0 Å². The number of nitrogens with one attached hydrogen (secondary N) is 1. The highest BCUT2D eigenvalue weighted by Gasteiger charge is 2.63. The van der Waals surface area contributed by atoms with Gasteiger partial charge >= 0.3 is 0 Å². The standard InChI is InChI=1S/C30H45NSi/c1-22-21-25-26(30(7,8)20-19-29(25,5)6)27(22)32(31-28(2,3)4,23-15-11-9-12-16-23)24-17-13-10-14-18-24/h9-18,22,25-27,31H,19-21H2,1-8H3. The molecule has 0 spiro atoms. The summed E-state index contributed by atoms with van der Waals surface area (Å²) in [5.41, 5.74) is 1.52. The van der Waals surface area contributed by atoms with Crippen LogP contribution in [-0.2, 0) is 0 Å². The van der Waals surface area contributed by atoms with Crippen LogP contribution in [0.2, 0.25) is 5.54 Å². The molecule has 0 radical (unpaired) electrons. The van der Waals surface area contributed by atoms with E-state index in [4.69, 9.17) is 0 Å². The zero-order valence-electron chi connectivity index (χ0n) is 21.7. The molecule has 1 N–H and O–H groups in total. The highest BCUT2D eigenvalue weighted by atomic mass is 28.3. The van der Waals surface area contributed by atoms with Crippen molar-refractivity contribution in [1.29, 1.82) is 0 Å². The fourth-order valence-corrected chi connectivity index (χ4v) is 14.0. The predicted molar refractivity (Wildman–Crippen MR) is 142 cm³/mol. The van der Waals surface area contributed by atoms with Gasteiger partial charge in [-0.25, -0.2) is 0 Å². The van der Waals surface area contributed by atoms with Gasteiger partial charge in [-0.3, -0.25) is 0 Å². The summed E-state index contributed by atoms with van der Waals surface area (Å²) in [4.78, 5) is 4.41. The zero-order valence-corrected chi connectivity index (χ0v) is 22.7. The van der Waals surface area contributed by atoms with Gasteiger partial charge in [-0.2, -0.15) is 0 Å². The van der Waals surface area contributed by atoms with Crippen molar-refractivity contribution in [3.63, 3.8) is 0 Å². The smallest absolute Gasteiger partial charge is 0.194 e. The largest absolute Gasteiger partial charge is 0.325 e. The van der Waals surface area contributed by atoms with Crippen molar-refractivity contribution in [2.75, 3.05) is 0 Å². The van der Waals surface area contributed by atoms with Crippen molar-refractivity contribution in [2.24, 2.45) is 28.6 Å². The highest BCUT2D eigenvalue weighted by molar-refractivity contribution is 7.01. The Balaban J connectivity index is 2.01. The van der Waals surface area contributed by atoms with Crippen LogP contribution < -0.4 is 15.4 Å². The topological polar surface area (TPSA) is 12.0 Å². The van der Waals surface area contributed by atoms with Gasteiger partial charge in [0.25, 0.3) is 0 Å². The first kappa shape index (κ1) is 23.8. The molecule has 0 aromatic heterocycles. The molecule has 0 amide bonds. The minimum atomic E-state index is -2.32. The molecule has 0 heterocycles. The lowest BCUT2D eigenvalue weighted by atomic mass is 9.56. The van der Waals surface area contributed by atoms with E-state index in [-0.39, 0.29) is 5.54 Å². The maximum absolute atomic E-state index is 4.41. The zero-order chi connectivity index (χ0) is 23.4. The number of hydrogen-bond acceptors (Lipinski definition) is 1. The molecule has 2 aliphatic carbocycles. The first-order valence-corrected chi connectivity index (χ1v) is 14.9. The van der Waals surface area contributed by atoms with Crippen molar-refractivity contribution in [3.05, 3.63) is 60.7 Å². The molecule has 2 fully saturated rings. The maximum Gasteiger partial charge on any atom is 0.194 e. The summed E-state index contributed by atoms with van der Waals surface area (Å²) in [6.45, 7) is 20.0. The van der Waals surface area contributed by atoms with Crippen LogP contribution in [0.25, 0.3) is 0 Å². The summed E-state index contributed by atoms with van der Waals surface area (Å²) in [5, 5.41) is 3.11. The molecule has 32 heavy (non-hydrogen) atoms. The molecule has 4 rings (SSSR count). The van der Waals surface area contributed by atoms with Crippen LogP contribution in [-0.4, -0.2) is 13.8 Å². The average Bonchev–Trinajstić information content (AvgIpc) is 3.10. The van der Waals surface area contributed by atoms with Crippen LogP contribution in [0.15, 0.2) is 60.7 Å². The first-order chi connectivity index (χ1) is 14.9. The van der Waals surface area contributed by atoms with E-state index in [1.54, 1.807) is 10.4 Å². The summed E-state index contributed by atoms with van der Waals surface area (Å²) >= 11 is 0. The Morgan fingerprint density at radius 2 is 1.25 bits per heavy atom. The van der Waals surface area contributed by atoms with Crippen LogP contribution in [0.4, 0.5) is 0 Å². The number of fused-ring (bicyclic) bond motifs is 1. The lowest BCUT2D eigenvalue weighted by molar-refractivity contribution is 0.00102. The van der Waals surface area contributed by atoms with Crippen molar-refractivity contribution < 1.29 is 0 Å². The molecule has 174 valence electrons. The SMILES string of the molecule is CC1CC2C(C1[Si](NC(C)(C)C)(c1ccccc1)c1ccccc1)C(C)(C)CCC2(C)C. The third-order valence-corrected chi connectivity index (χ3v) is 14.5. The molecule has 1 nitrogen and oxygen atoms in total. The second-order valence-corrected chi connectivity index (χ2v) is 17.0. The second-order valence-electron chi connectivity index (χ2n) is 13.3. The summed E-state index contributed by atoms with van der Waals surface area (Å²) in [7, 11) is -2.32. The predicted octanol–water partition coefficient (Wildman–Crippen LogP) is 6.62. The number of hydrogen-bond donors (Lipinski definition) is 1. The van der Waals surface area contributed by atoms with E-state index in [1.165, 1.54) is 19.3 Å². The fraction of sp³-hybridized carbons (Fsp3) is 0.600. The second kappa shape index (κ2) is 8.13. The normalized spacial score (nSPS) is 29.5. The van der Waals surface area contributed by atoms with E-state index in [2.05, 4.69) is 121 Å². The quantitative estimate of drug-likeness (QED) is 0.519. The molecule has 2 saturated carbocycles. The Hall–Kier alpha value is -1.38. The van der Waals surface area contributed by atoms with Gasteiger partial charge in [0.1, 0.15) is 0 Å². The molecule has 2 aromatic carbocycles. The van der Waals surface area contributed by atoms with Crippen LogP contribution in [0, 0.1) is 28.6 Å². The number of benzene rings is 2. The Labute approximate surface area is 198 Å². The van der Waals surface area contributed by atoms with Crippen molar-refractivity contribution >= 4 is 18.6 Å². The molecule has 0 bridgehead atoms. The Kier molecular flexibility index (Phi) is 6.04. The summed E-state index contributed by atoms with van der Waals surface area (Å²) in [5.74, 6) is 2.25. The summed E-state index contributed by atoms with van der Waals surface area (Å²) in [6, 6.07) is 23.1. The maximum atomic E-state index is 4.41. The third-order valence-electron chi connectivity index (χ3n) is 8.91. The summed E-state index contributed by atoms with van der Waals surface area (Å²) < 4.78 is 0. The van der Waals surface area contributed by atoms with Gasteiger partial charge in [0, 0.05) is 5.54 Å². The van der Waals surface area contributed by atoms with Crippen molar-refractivity contribution in [1.82, 2.24) is 4.98 Å².